The lowest BCUT2D eigenvalue weighted by atomic mass is 10.0. The molecule has 0 spiro atoms. The van der Waals surface area contributed by atoms with E-state index in [0.29, 0.717) is 13.0 Å². The van der Waals surface area contributed by atoms with Gasteiger partial charge in [-0.2, -0.15) is 0 Å². The quantitative estimate of drug-likeness (QED) is 0.379. The van der Waals surface area contributed by atoms with Gasteiger partial charge in [0.15, 0.2) is 0 Å². The number of aliphatic imine (C=N–C) groups is 1. The Morgan fingerprint density at radius 1 is 1.85 bits per heavy atom. The molecule has 1 atom stereocenters. The van der Waals surface area contributed by atoms with Crippen molar-refractivity contribution in [3.8, 4) is 0 Å². The lowest BCUT2D eigenvalue weighted by Gasteiger charge is -2.36. The van der Waals surface area contributed by atoms with Gasteiger partial charge >= 0.3 is 0 Å². The molecular formula is C8H10N2O2S. The van der Waals surface area contributed by atoms with Crippen LogP contribution in [0.3, 0.4) is 0 Å². The molecule has 0 radical (unpaired) electrons. The van der Waals surface area contributed by atoms with Crippen LogP contribution >= 0.6 is 12.2 Å². The van der Waals surface area contributed by atoms with Crippen LogP contribution in [0.5, 0.6) is 0 Å². The first-order valence-corrected chi connectivity index (χ1v) is 4.46. The molecular weight excluding hydrogens is 188 g/mol. The van der Waals surface area contributed by atoms with Crippen molar-refractivity contribution < 1.29 is 9.59 Å². The second-order valence-electron chi connectivity index (χ2n) is 2.93. The summed E-state index contributed by atoms with van der Waals surface area (Å²) in [4.78, 5) is 27.1. The van der Waals surface area contributed by atoms with Crippen molar-refractivity contribution in [2.45, 2.75) is 25.8 Å². The minimum atomic E-state index is -0.169. The number of isothiocyanates is 1. The minimum absolute atomic E-state index is 0.0523. The van der Waals surface area contributed by atoms with Crippen molar-refractivity contribution in [2.75, 3.05) is 6.54 Å². The molecule has 1 aliphatic heterocycles. The van der Waals surface area contributed by atoms with Crippen molar-refractivity contribution in [3.05, 3.63) is 0 Å². The van der Waals surface area contributed by atoms with Gasteiger partial charge in [0, 0.05) is 18.9 Å². The SMILES string of the molecule is C[C@H]1CC(=O)N1C(=O)CCN=C=S. The summed E-state index contributed by atoms with van der Waals surface area (Å²) in [5, 5.41) is 2.17. The first-order valence-electron chi connectivity index (χ1n) is 4.05. The molecule has 0 unspecified atom stereocenters. The number of carbonyl (C=O) groups excluding carboxylic acids is 2. The lowest BCUT2D eigenvalue weighted by molar-refractivity contribution is -0.157. The molecule has 0 saturated carbocycles. The molecule has 2 amide bonds. The molecule has 1 heterocycles. The average molecular weight is 198 g/mol. The number of likely N-dealkylation sites (tertiary alicyclic amines) is 1. The number of nitrogens with zero attached hydrogens (tertiary/aromatic N) is 2. The highest BCUT2D eigenvalue weighted by atomic mass is 32.1. The predicted molar refractivity (Wildman–Crippen MR) is 50.4 cm³/mol. The van der Waals surface area contributed by atoms with Crippen LogP contribution in [-0.4, -0.2) is 34.5 Å². The standard InChI is InChI=1S/C8H10N2O2S/c1-6-4-8(12)10(6)7(11)2-3-9-5-13/h6H,2-4H2,1H3/t6-/m0/s1. The second-order valence-corrected chi connectivity index (χ2v) is 3.12. The van der Waals surface area contributed by atoms with Crippen LogP contribution in [0.15, 0.2) is 4.99 Å². The Morgan fingerprint density at radius 3 is 3.00 bits per heavy atom. The Bertz CT molecular complexity index is 284. The van der Waals surface area contributed by atoms with Gasteiger partial charge in [0.05, 0.1) is 11.7 Å². The van der Waals surface area contributed by atoms with E-state index in [1.807, 2.05) is 6.92 Å². The lowest BCUT2D eigenvalue weighted by Crippen LogP contribution is -2.54. The topological polar surface area (TPSA) is 49.7 Å². The molecule has 1 fully saturated rings. The van der Waals surface area contributed by atoms with Gasteiger partial charge in [-0.05, 0) is 19.1 Å². The number of thiocarbonyl (C=S) groups is 1. The summed E-state index contributed by atoms with van der Waals surface area (Å²) in [6, 6.07) is 0.0523. The third kappa shape index (κ3) is 2.20. The van der Waals surface area contributed by atoms with Gasteiger partial charge in [-0.1, -0.05) is 0 Å². The number of carbonyl (C=O) groups is 2. The van der Waals surface area contributed by atoms with Crippen molar-refractivity contribution in [1.82, 2.24) is 4.90 Å². The summed E-state index contributed by atoms with van der Waals surface area (Å²) >= 11 is 4.35. The summed E-state index contributed by atoms with van der Waals surface area (Å²) in [5.74, 6) is -0.262. The van der Waals surface area contributed by atoms with E-state index in [0.717, 1.165) is 0 Å². The fourth-order valence-electron chi connectivity index (χ4n) is 1.28. The molecule has 5 heteroatoms. The highest BCUT2D eigenvalue weighted by molar-refractivity contribution is 7.78. The van der Waals surface area contributed by atoms with Gasteiger partial charge in [-0.3, -0.25) is 14.5 Å². The number of imide groups is 1. The third-order valence-corrected chi connectivity index (χ3v) is 2.08. The Hall–Kier alpha value is -1.06. The molecule has 0 aromatic heterocycles. The summed E-state index contributed by atoms with van der Waals surface area (Å²) in [6.07, 6.45) is 0.710. The summed E-state index contributed by atoms with van der Waals surface area (Å²) < 4.78 is 0. The molecule has 13 heavy (non-hydrogen) atoms. The van der Waals surface area contributed by atoms with E-state index in [1.165, 1.54) is 4.90 Å². The zero-order valence-electron chi connectivity index (χ0n) is 7.32. The number of hydrogen-bond acceptors (Lipinski definition) is 4. The molecule has 1 aliphatic rings. The number of amides is 2. The van der Waals surface area contributed by atoms with Crippen LogP contribution in [0.4, 0.5) is 0 Å². The van der Waals surface area contributed by atoms with Crippen LogP contribution < -0.4 is 0 Å². The van der Waals surface area contributed by atoms with E-state index in [4.69, 9.17) is 0 Å². The predicted octanol–water partition coefficient (Wildman–Crippen LogP) is 0.627. The van der Waals surface area contributed by atoms with Crippen molar-refractivity contribution in [3.63, 3.8) is 0 Å². The highest BCUT2D eigenvalue weighted by Gasteiger charge is 2.36. The first-order chi connectivity index (χ1) is 6.16. The minimum Gasteiger partial charge on any atom is -0.279 e. The third-order valence-electron chi connectivity index (χ3n) is 1.95. The first kappa shape index (κ1) is 10.0. The van der Waals surface area contributed by atoms with E-state index in [9.17, 15) is 9.59 Å². The molecule has 1 rings (SSSR count). The van der Waals surface area contributed by atoms with Crippen LogP contribution in [0.2, 0.25) is 0 Å². The molecule has 0 bridgehead atoms. The maximum Gasteiger partial charge on any atom is 0.231 e. The Balaban J connectivity index is 2.39. The number of rotatable bonds is 3. The zero-order chi connectivity index (χ0) is 9.84. The average Bonchev–Trinajstić information content (AvgIpc) is 2.04. The Labute approximate surface area is 81.6 Å². The largest absolute Gasteiger partial charge is 0.279 e. The normalized spacial score (nSPS) is 20.5. The maximum absolute atomic E-state index is 11.3. The number of hydrogen-bond donors (Lipinski definition) is 0. The summed E-state index contributed by atoms with van der Waals surface area (Å²) in [5.41, 5.74) is 0. The molecule has 0 aromatic carbocycles. The molecule has 0 aliphatic carbocycles. The van der Waals surface area contributed by atoms with Crippen molar-refractivity contribution in [2.24, 2.45) is 4.99 Å². The van der Waals surface area contributed by atoms with Gasteiger partial charge < -0.3 is 0 Å². The monoisotopic (exact) mass is 198 g/mol. The van der Waals surface area contributed by atoms with Crippen LogP contribution in [0.1, 0.15) is 19.8 Å². The smallest absolute Gasteiger partial charge is 0.231 e. The van der Waals surface area contributed by atoms with Crippen LogP contribution in [-0.2, 0) is 9.59 Å². The van der Waals surface area contributed by atoms with E-state index < -0.39 is 0 Å². The van der Waals surface area contributed by atoms with Crippen LogP contribution in [0, 0.1) is 0 Å². The Morgan fingerprint density at radius 2 is 2.54 bits per heavy atom. The summed E-state index contributed by atoms with van der Waals surface area (Å²) in [6.45, 7) is 2.17. The van der Waals surface area contributed by atoms with Crippen LogP contribution in [0.25, 0.3) is 0 Å². The molecule has 1 saturated heterocycles. The van der Waals surface area contributed by atoms with Crippen molar-refractivity contribution >= 4 is 29.2 Å². The molecule has 4 nitrogen and oxygen atoms in total. The van der Waals surface area contributed by atoms with Gasteiger partial charge in [0.2, 0.25) is 11.8 Å². The number of β-lactam (4-membered cyclic amide) rings is 1. The maximum atomic E-state index is 11.3. The molecule has 0 aromatic rings. The fraction of sp³-hybridized carbons (Fsp3) is 0.625. The summed E-state index contributed by atoms with van der Waals surface area (Å²) in [7, 11) is 0. The van der Waals surface area contributed by atoms with E-state index in [2.05, 4.69) is 22.4 Å². The Kier molecular flexibility index (Phi) is 3.28. The van der Waals surface area contributed by atoms with Gasteiger partial charge in [0.25, 0.3) is 0 Å². The molecule has 70 valence electrons. The van der Waals surface area contributed by atoms with Crippen molar-refractivity contribution in [1.29, 1.82) is 0 Å². The fourth-order valence-corrected chi connectivity index (χ4v) is 1.37. The highest BCUT2D eigenvalue weighted by Crippen LogP contribution is 2.19. The second kappa shape index (κ2) is 4.25. The molecule has 0 N–H and O–H groups in total. The van der Waals surface area contributed by atoms with E-state index in [1.54, 1.807) is 0 Å². The van der Waals surface area contributed by atoms with Gasteiger partial charge in [-0.15, -0.1) is 0 Å². The van der Waals surface area contributed by atoms with Gasteiger partial charge in [0.1, 0.15) is 0 Å². The van der Waals surface area contributed by atoms with Gasteiger partial charge in [-0.25, -0.2) is 4.99 Å². The zero-order valence-corrected chi connectivity index (χ0v) is 8.13. The van der Waals surface area contributed by atoms with E-state index in [-0.39, 0.29) is 24.3 Å². The van der Waals surface area contributed by atoms with E-state index >= 15 is 0 Å².